The number of hydrogen-bond donors (Lipinski definition) is 2. The third kappa shape index (κ3) is 4.94. The van der Waals surface area contributed by atoms with Crippen LogP contribution in [0.5, 0.6) is 0 Å². The second-order valence-corrected chi connectivity index (χ2v) is 6.30. The van der Waals surface area contributed by atoms with E-state index in [0.717, 1.165) is 24.7 Å². The molecule has 1 atom stereocenters. The highest BCUT2D eigenvalue weighted by atomic mass is 16.5. The normalized spacial score (nSPS) is 28.1. The van der Waals surface area contributed by atoms with E-state index in [2.05, 4.69) is 26.2 Å². The minimum absolute atomic E-state index is 0.0307. The van der Waals surface area contributed by atoms with Gasteiger partial charge in [-0.1, -0.05) is 19.8 Å². The maximum atomic E-state index is 5.72. The molecular formula is C14H30N2O. The number of methoxy groups -OCH3 is 1. The topological polar surface area (TPSA) is 47.3 Å². The maximum Gasteiger partial charge on any atom is 0.0623 e. The van der Waals surface area contributed by atoms with E-state index in [4.69, 9.17) is 10.6 Å². The average molecular weight is 242 g/mol. The van der Waals surface area contributed by atoms with Crippen LogP contribution in [0.3, 0.4) is 0 Å². The third-order valence-electron chi connectivity index (χ3n) is 4.45. The van der Waals surface area contributed by atoms with Crippen LogP contribution < -0.4 is 11.3 Å². The number of rotatable bonds is 6. The molecule has 1 saturated carbocycles. The average Bonchev–Trinajstić information content (AvgIpc) is 2.32. The van der Waals surface area contributed by atoms with Crippen LogP contribution in [0.4, 0.5) is 0 Å². The van der Waals surface area contributed by atoms with Crippen LogP contribution in [0, 0.1) is 11.8 Å². The summed E-state index contributed by atoms with van der Waals surface area (Å²) in [5.41, 5.74) is 3.00. The zero-order valence-electron chi connectivity index (χ0n) is 12.0. The lowest BCUT2D eigenvalue weighted by atomic mass is 9.77. The summed E-state index contributed by atoms with van der Waals surface area (Å²) in [5.74, 6) is 7.37. The van der Waals surface area contributed by atoms with Gasteiger partial charge in [-0.05, 0) is 51.4 Å². The number of nitrogens with two attached hydrogens (primary N) is 1. The van der Waals surface area contributed by atoms with Gasteiger partial charge in [-0.25, -0.2) is 0 Å². The minimum atomic E-state index is -0.0307. The quantitative estimate of drug-likeness (QED) is 0.556. The van der Waals surface area contributed by atoms with Crippen LogP contribution in [-0.4, -0.2) is 18.8 Å². The molecule has 0 saturated heterocycles. The SMILES string of the molecule is COC(C)(C)CCC(NN)C1CCC(C)CC1. The minimum Gasteiger partial charge on any atom is -0.379 e. The Bertz CT molecular complexity index is 210. The van der Waals surface area contributed by atoms with Crippen molar-refractivity contribution in [3.63, 3.8) is 0 Å². The van der Waals surface area contributed by atoms with Crippen molar-refractivity contribution < 1.29 is 4.74 Å². The summed E-state index contributed by atoms with van der Waals surface area (Å²) >= 11 is 0. The maximum absolute atomic E-state index is 5.72. The van der Waals surface area contributed by atoms with Gasteiger partial charge in [0.1, 0.15) is 0 Å². The highest BCUT2D eigenvalue weighted by Gasteiger charge is 2.27. The molecule has 102 valence electrons. The van der Waals surface area contributed by atoms with Crippen LogP contribution >= 0.6 is 0 Å². The second kappa shape index (κ2) is 6.72. The molecule has 3 nitrogen and oxygen atoms in total. The molecule has 17 heavy (non-hydrogen) atoms. The fourth-order valence-corrected chi connectivity index (χ4v) is 2.75. The van der Waals surface area contributed by atoms with Gasteiger partial charge in [-0.3, -0.25) is 11.3 Å². The largest absolute Gasteiger partial charge is 0.379 e. The first-order chi connectivity index (χ1) is 7.98. The van der Waals surface area contributed by atoms with Gasteiger partial charge in [0, 0.05) is 13.2 Å². The second-order valence-electron chi connectivity index (χ2n) is 6.30. The Morgan fingerprint density at radius 3 is 2.35 bits per heavy atom. The summed E-state index contributed by atoms with van der Waals surface area (Å²) in [6.07, 6.45) is 7.53. The molecule has 0 bridgehead atoms. The molecule has 3 heteroatoms. The smallest absolute Gasteiger partial charge is 0.0623 e. The number of nitrogens with one attached hydrogen (secondary N) is 1. The van der Waals surface area contributed by atoms with Crippen molar-refractivity contribution in [3.8, 4) is 0 Å². The molecule has 3 N–H and O–H groups in total. The summed E-state index contributed by atoms with van der Waals surface area (Å²) in [6.45, 7) is 6.64. The summed E-state index contributed by atoms with van der Waals surface area (Å²) in [4.78, 5) is 0. The van der Waals surface area contributed by atoms with Gasteiger partial charge in [0.05, 0.1) is 5.60 Å². The van der Waals surface area contributed by atoms with Crippen LogP contribution in [0.15, 0.2) is 0 Å². The third-order valence-corrected chi connectivity index (χ3v) is 4.45. The fraction of sp³-hybridized carbons (Fsp3) is 1.00. The van der Waals surface area contributed by atoms with Crippen LogP contribution in [0.25, 0.3) is 0 Å². The lowest BCUT2D eigenvalue weighted by Crippen LogP contribution is -2.43. The van der Waals surface area contributed by atoms with Crippen molar-refractivity contribution >= 4 is 0 Å². The first-order valence-electron chi connectivity index (χ1n) is 7.00. The number of hydrogen-bond acceptors (Lipinski definition) is 3. The van der Waals surface area contributed by atoms with Crippen LogP contribution in [0.1, 0.15) is 59.3 Å². The van der Waals surface area contributed by atoms with Crippen LogP contribution in [-0.2, 0) is 4.74 Å². The Kier molecular flexibility index (Phi) is 5.90. The van der Waals surface area contributed by atoms with Crippen molar-refractivity contribution in [2.75, 3.05) is 7.11 Å². The summed E-state index contributed by atoms with van der Waals surface area (Å²) < 4.78 is 5.47. The Morgan fingerprint density at radius 1 is 1.29 bits per heavy atom. The molecule has 0 aromatic heterocycles. The zero-order chi connectivity index (χ0) is 12.9. The summed E-state index contributed by atoms with van der Waals surface area (Å²) in [7, 11) is 1.78. The molecule has 0 aromatic rings. The van der Waals surface area contributed by atoms with Crippen molar-refractivity contribution in [1.82, 2.24) is 5.43 Å². The van der Waals surface area contributed by atoms with E-state index in [9.17, 15) is 0 Å². The van der Waals surface area contributed by atoms with E-state index in [1.54, 1.807) is 7.11 Å². The molecule has 1 fully saturated rings. The highest BCUT2D eigenvalue weighted by molar-refractivity contribution is 4.82. The van der Waals surface area contributed by atoms with Gasteiger partial charge >= 0.3 is 0 Å². The van der Waals surface area contributed by atoms with Gasteiger partial charge in [-0.15, -0.1) is 0 Å². The van der Waals surface area contributed by atoms with Gasteiger partial charge < -0.3 is 4.74 Å². The highest BCUT2D eigenvalue weighted by Crippen LogP contribution is 2.32. The van der Waals surface area contributed by atoms with Gasteiger partial charge in [0.25, 0.3) is 0 Å². The monoisotopic (exact) mass is 242 g/mol. The van der Waals surface area contributed by atoms with Crippen molar-refractivity contribution in [2.24, 2.45) is 17.7 Å². The predicted molar refractivity (Wildman–Crippen MR) is 72.6 cm³/mol. The first kappa shape index (κ1) is 14.9. The number of ether oxygens (including phenoxy) is 1. The van der Waals surface area contributed by atoms with Crippen LogP contribution in [0.2, 0.25) is 0 Å². The molecule has 1 aliphatic carbocycles. The molecule has 0 heterocycles. The van der Waals surface area contributed by atoms with E-state index in [1.807, 2.05) is 0 Å². The Morgan fingerprint density at radius 2 is 1.88 bits per heavy atom. The summed E-state index contributed by atoms with van der Waals surface area (Å²) in [6, 6.07) is 0.455. The molecule has 0 radical (unpaired) electrons. The Hall–Kier alpha value is -0.120. The Labute approximate surface area is 106 Å². The van der Waals surface area contributed by atoms with Crippen molar-refractivity contribution in [2.45, 2.75) is 70.9 Å². The number of hydrazine groups is 1. The fourth-order valence-electron chi connectivity index (χ4n) is 2.75. The molecule has 1 aliphatic rings. The van der Waals surface area contributed by atoms with E-state index in [0.29, 0.717) is 6.04 Å². The van der Waals surface area contributed by atoms with E-state index in [1.165, 1.54) is 25.7 Å². The van der Waals surface area contributed by atoms with E-state index in [-0.39, 0.29) is 5.60 Å². The molecule has 1 rings (SSSR count). The van der Waals surface area contributed by atoms with Gasteiger partial charge in [0.15, 0.2) is 0 Å². The molecular weight excluding hydrogens is 212 g/mol. The standard InChI is InChI=1S/C14H30N2O/c1-11-5-7-12(8-6-11)13(16-15)9-10-14(2,3)17-4/h11-13,16H,5-10,15H2,1-4H3. The van der Waals surface area contributed by atoms with Gasteiger partial charge in [-0.2, -0.15) is 0 Å². The molecule has 0 spiro atoms. The lowest BCUT2D eigenvalue weighted by molar-refractivity contribution is 0.00930. The molecule has 1 unspecified atom stereocenters. The van der Waals surface area contributed by atoms with Crippen molar-refractivity contribution in [1.29, 1.82) is 0 Å². The Balaban J connectivity index is 2.38. The zero-order valence-corrected chi connectivity index (χ0v) is 12.0. The van der Waals surface area contributed by atoms with E-state index < -0.39 is 0 Å². The predicted octanol–water partition coefficient (Wildman–Crippen LogP) is 2.85. The molecule has 0 aromatic carbocycles. The molecule has 0 aliphatic heterocycles. The van der Waals surface area contributed by atoms with Crippen molar-refractivity contribution in [3.05, 3.63) is 0 Å². The van der Waals surface area contributed by atoms with Gasteiger partial charge in [0.2, 0.25) is 0 Å². The summed E-state index contributed by atoms with van der Waals surface area (Å²) in [5, 5.41) is 0. The molecule has 0 amide bonds. The lowest BCUT2D eigenvalue weighted by Gasteiger charge is -2.34. The first-order valence-corrected chi connectivity index (χ1v) is 7.00. The van der Waals surface area contributed by atoms with E-state index >= 15 is 0 Å².